The van der Waals surface area contributed by atoms with Crippen molar-refractivity contribution in [2.75, 3.05) is 0 Å². The normalized spacial score (nSPS) is 16.2. The van der Waals surface area contributed by atoms with Crippen molar-refractivity contribution in [2.45, 2.75) is 32.2 Å². The summed E-state index contributed by atoms with van der Waals surface area (Å²) in [4.78, 5) is 0. The number of allylic oxidation sites excluding steroid dienone is 1. The summed E-state index contributed by atoms with van der Waals surface area (Å²) in [5, 5.41) is 5.31. The fourth-order valence-corrected chi connectivity index (χ4v) is 6.71. The summed E-state index contributed by atoms with van der Waals surface area (Å²) >= 11 is 0. The van der Waals surface area contributed by atoms with Crippen molar-refractivity contribution in [3.8, 4) is 0 Å². The Balaban J connectivity index is 1.60. The lowest BCUT2D eigenvalue weighted by Crippen LogP contribution is -2.39. The SMILES string of the molecule is C=C(CC1(C(C)NP(=O)(c2ccccc2)c2ccccc2)CC1)c1ccccc1. The van der Waals surface area contributed by atoms with E-state index in [1.54, 1.807) is 0 Å². The van der Waals surface area contributed by atoms with Crippen LogP contribution in [0, 0.1) is 5.41 Å². The summed E-state index contributed by atoms with van der Waals surface area (Å²) < 4.78 is 14.3. The van der Waals surface area contributed by atoms with Crippen molar-refractivity contribution in [3.63, 3.8) is 0 Å². The third-order valence-corrected chi connectivity index (χ3v) is 8.97. The largest absolute Gasteiger partial charge is 0.297 e. The molecule has 0 aromatic heterocycles. The predicted molar refractivity (Wildman–Crippen MR) is 124 cm³/mol. The van der Waals surface area contributed by atoms with Gasteiger partial charge in [-0.1, -0.05) is 73.3 Å². The van der Waals surface area contributed by atoms with E-state index in [9.17, 15) is 4.57 Å². The minimum atomic E-state index is -2.93. The molecule has 1 atom stereocenters. The van der Waals surface area contributed by atoms with E-state index in [2.05, 4.69) is 42.9 Å². The Hall–Kier alpha value is -2.41. The highest BCUT2D eigenvalue weighted by Gasteiger charge is 2.49. The number of hydrogen-bond acceptors (Lipinski definition) is 1. The van der Waals surface area contributed by atoms with Gasteiger partial charge in [0.05, 0.1) is 0 Å². The molecule has 0 bridgehead atoms. The Labute approximate surface area is 174 Å². The molecule has 1 aliphatic rings. The lowest BCUT2D eigenvalue weighted by atomic mass is 9.88. The van der Waals surface area contributed by atoms with Crippen LogP contribution in [0.25, 0.3) is 5.57 Å². The van der Waals surface area contributed by atoms with Gasteiger partial charge in [0.2, 0.25) is 7.29 Å². The van der Waals surface area contributed by atoms with Crippen molar-refractivity contribution in [3.05, 3.63) is 103 Å². The van der Waals surface area contributed by atoms with Crippen molar-refractivity contribution in [1.29, 1.82) is 0 Å². The second kappa shape index (κ2) is 8.14. The van der Waals surface area contributed by atoms with Gasteiger partial charge < -0.3 is 0 Å². The minimum absolute atomic E-state index is 0.117. The summed E-state index contributed by atoms with van der Waals surface area (Å²) in [6, 6.07) is 30.1. The number of benzene rings is 3. The molecule has 2 nitrogen and oxygen atoms in total. The molecule has 3 heteroatoms. The first-order valence-corrected chi connectivity index (χ1v) is 12.0. The monoisotopic (exact) mass is 401 g/mol. The molecule has 4 rings (SSSR count). The van der Waals surface area contributed by atoms with Crippen LogP contribution in [0.2, 0.25) is 0 Å². The minimum Gasteiger partial charge on any atom is -0.297 e. The van der Waals surface area contributed by atoms with Crippen LogP contribution in [0.4, 0.5) is 0 Å². The lowest BCUT2D eigenvalue weighted by molar-refractivity contribution is 0.402. The second-order valence-electron chi connectivity index (χ2n) is 8.14. The third-order valence-electron chi connectivity index (χ3n) is 6.17. The standard InChI is InChI=1S/C26H28NOP/c1-21(23-12-6-3-7-13-23)20-26(18-19-26)22(2)27-29(28,24-14-8-4-9-15-24)25-16-10-5-11-17-25/h3-17,22H,1,18-20H2,2H3,(H,27,28). The molecule has 3 aromatic carbocycles. The van der Waals surface area contributed by atoms with Gasteiger partial charge in [-0.15, -0.1) is 0 Å². The van der Waals surface area contributed by atoms with Crippen LogP contribution in [0.15, 0.2) is 97.6 Å². The molecule has 148 valence electrons. The molecule has 0 heterocycles. The zero-order valence-electron chi connectivity index (χ0n) is 16.9. The Morgan fingerprint density at radius 2 is 1.34 bits per heavy atom. The third kappa shape index (κ3) is 4.15. The Morgan fingerprint density at radius 1 is 0.897 bits per heavy atom. The van der Waals surface area contributed by atoms with Gasteiger partial charge in [0.25, 0.3) is 0 Å². The molecule has 0 radical (unpaired) electrons. The number of hydrogen-bond donors (Lipinski definition) is 1. The predicted octanol–water partition coefficient (Wildman–Crippen LogP) is 5.78. The first-order valence-electron chi connectivity index (χ1n) is 10.3. The van der Waals surface area contributed by atoms with Crippen LogP contribution in [0.1, 0.15) is 31.7 Å². The molecule has 0 saturated heterocycles. The molecule has 0 spiro atoms. The molecule has 1 unspecified atom stereocenters. The Morgan fingerprint density at radius 3 is 1.79 bits per heavy atom. The van der Waals surface area contributed by atoms with Gasteiger partial charge >= 0.3 is 0 Å². The van der Waals surface area contributed by atoms with Crippen LogP contribution in [-0.4, -0.2) is 6.04 Å². The topological polar surface area (TPSA) is 29.1 Å². The van der Waals surface area contributed by atoms with Gasteiger partial charge in [-0.25, -0.2) is 0 Å². The number of rotatable bonds is 8. The zero-order valence-corrected chi connectivity index (χ0v) is 17.8. The molecule has 1 N–H and O–H groups in total. The van der Waals surface area contributed by atoms with Crippen LogP contribution in [0.5, 0.6) is 0 Å². The lowest BCUT2D eigenvalue weighted by Gasteiger charge is -2.31. The van der Waals surface area contributed by atoms with E-state index >= 15 is 0 Å². The maximum Gasteiger partial charge on any atom is 0.204 e. The van der Waals surface area contributed by atoms with Crippen LogP contribution in [0.3, 0.4) is 0 Å². The van der Waals surface area contributed by atoms with Crippen molar-refractivity contribution >= 4 is 23.5 Å². The van der Waals surface area contributed by atoms with E-state index in [1.165, 1.54) is 5.56 Å². The molecule has 3 aromatic rings. The molecule has 0 amide bonds. The average Bonchev–Trinajstić information content (AvgIpc) is 3.56. The van der Waals surface area contributed by atoms with Gasteiger partial charge in [-0.3, -0.25) is 9.65 Å². The highest BCUT2D eigenvalue weighted by atomic mass is 31.2. The quantitative estimate of drug-likeness (QED) is 0.485. The number of nitrogens with one attached hydrogen (secondary N) is 1. The maximum absolute atomic E-state index is 14.3. The van der Waals surface area contributed by atoms with Crippen molar-refractivity contribution in [1.82, 2.24) is 5.09 Å². The summed E-state index contributed by atoms with van der Waals surface area (Å²) in [7, 11) is -2.93. The van der Waals surface area contributed by atoms with E-state index in [0.717, 1.165) is 35.4 Å². The van der Waals surface area contributed by atoms with Crippen LogP contribution >= 0.6 is 7.29 Å². The highest BCUT2D eigenvalue weighted by molar-refractivity contribution is 7.76. The molecule has 1 aliphatic carbocycles. The summed E-state index contributed by atoms with van der Waals surface area (Å²) in [6.45, 7) is 6.53. The molecule has 0 aliphatic heterocycles. The molecular weight excluding hydrogens is 373 g/mol. The highest BCUT2D eigenvalue weighted by Crippen LogP contribution is 2.56. The Bertz CT molecular complexity index is 967. The van der Waals surface area contributed by atoms with Gasteiger partial charge in [0, 0.05) is 16.7 Å². The van der Waals surface area contributed by atoms with Crippen molar-refractivity contribution < 1.29 is 4.57 Å². The van der Waals surface area contributed by atoms with E-state index in [4.69, 9.17) is 0 Å². The first kappa shape index (κ1) is 19.9. The van der Waals surface area contributed by atoms with Crippen LogP contribution < -0.4 is 15.7 Å². The molecule has 1 saturated carbocycles. The Kier molecular flexibility index (Phi) is 5.58. The van der Waals surface area contributed by atoms with E-state index in [-0.39, 0.29) is 11.5 Å². The fraction of sp³-hybridized carbons (Fsp3) is 0.231. The smallest absolute Gasteiger partial charge is 0.204 e. The van der Waals surface area contributed by atoms with E-state index in [0.29, 0.717) is 0 Å². The first-order chi connectivity index (χ1) is 14.0. The van der Waals surface area contributed by atoms with E-state index in [1.807, 2.05) is 66.7 Å². The second-order valence-corrected chi connectivity index (χ2v) is 10.6. The van der Waals surface area contributed by atoms with E-state index < -0.39 is 7.29 Å². The fourth-order valence-electron chi connectivity index (χ4n) is 4.11. The summed E-state index contributed by atoms with van der Waals surface area (Å²) in [5.74, 6) is 0. The summed E-state index contributed by atoms with van der Waals surface area (Å²) in [5.41, 5.74) is 2.47. The average molecular weight is 401 g/mol. The maximum atomic E-state index is 14.3. The zero-order chi connectivity index (χ0) is 20.3. The molecular formula is C26H28NOP. The molecule has 1 fully saturated rings. The molecule has 29 heavy (non-hydrogen) atoms. The van der Waals surface area contributed by atoms with Gasteiger partial charge in [0.15, 0.2) is 0 Å². The van der Waals surface area contributed by atoms with Gasteiger partial charge in [-0.05, 0) is 67.0 Å². The van der Waals surface area contributed by atoms with Crippen molar-refractivity contribution in [2.24, 2.45) is 5.41 Å². The van der Waals surface area contributed by atoms with Gasteiger partial charge in [0.1, 0.15) is 0 Å². The van der Waals surface area contributed by atoms with Crippen LogP contribution in [-0.2, 0) is 4.57 Å². The van der Waals surface area contributed by atoms with Gasteiger partial charge in [-0.2, -0.15) is 0 Å². The summed E-state index contributed by atoms with van der Waals surface area (Å²) in [6.07, 6.45) is 3.20.